The fourth-order valence-corrected chi connectivity index (χ4v) is 8.70. The first-order chi connectivity index (χ1) is 21.3. The van der Waals surface area contributed by atoms with Crippen molar-refractivity contribution in [2.24, 2.45) is 0 Å². The van der Waals surface area contributed by atoms with Gasteiger partial charge in [-0.3, -0.25) is 0 Å². The molecule has 0 saturated carbocycles. The molecule has 7 aromatic carbocycles. The highest BCUT2D eigenvalue weighted by Crippen LogP contribution is 2.65. The molecule has 0 saturated heterocycles. The molecule has 0 amide bonds. The molecule has 0 N–H and O–H groups in total. The van der Waals surface area contributed by atoms with Crippen molar-refractivity contribution in [3.8, 4) is 33.4 Å². The van der Waals surface area contributed by atoms with Gasteiger partial charge in [-0.05, 0) is 84.6 Å². The van der Waals surface area contributed by atoms with E-state index in [4.69, 9.17) is 4.42 Å². The highest BCUT2D eigenvalue weighted by molar-refractivity contribution is 9.10. The van der Waals surface area contributed by atoms with Crippen LogP contribution in [0, 0.1) is 0 Å². The summed E-state index contributed by atoms with van der Waals surface area (Å²) in [6.45, 7) is 0. The third kappa shape index (κ3) is 2.83. The van der Waals surface area contributed by atoms with Crippen LogP contribution in [0.4, 0.5) is 0 Å². The summed E-state index contributed by atoms with van der Waals surface area (Å²) in [4.78, 5) is 0. The first kappa shape index (κ1) is 23.6. The molecule has 0 radical (unpaired) electrons. The van der Waals surface area contributed by atoms with Crippen molar-refractivity contribution in [2.75, 3.05) is 0 Å². The summed E-state index contributed by atoms with van der Waals surface area (Å²) in [6, 6.07) is 51.1. The van der Waals surface area contributed by atoms with Gasteiger partial charge in [0.2, 0.25) is 0 Å². The van der Waals surface area contributed by atoms with Crippen LogP contribution in [0.2, 0.25) is 0 Å². The van der Waals surface area contributed by atoms with Crippen molar-refractivity contribution in [2.45, 2.75) is 5.41 Å². The molecule has 1 atom stereocenters. The first-order valence-corrected chi connectivity index (χ1v) is 15.5. The van der Waals surface area contributed by atoms with Gasteiger partial charge in [0.25, 0.3) is 0 Å². The van der Waals surface area contributed by atoms with Gasteiger partial charge >= 0.3 is 0 Å². The zero-order chi connectivity index (χ0) is 28.3. The Hall–Kier alpha value is -4.92. The Bertz CT molecular complexity index is 2480. The Labute approximate surface area is 257 Å². The maximum Gasteiger partial charge on any atom is 0.136 e. The van der Waals surface area contributed by atoms with Gasteiger partial charge in [0, 0.05) is 15.2 Å². The quantitative estimate of drug-likeness (QED) is 0.180. The van der Waals surface area contributed by atoms with E-state index < -0.39 is 5.41 Å². The normalized spacial score (nSPS) is 16.1. The molecule has 8 aromatic rings. The van der Waals surface area contributed by atoms with E-state index in [9.17, 15) is 0 Å². The minimum atomic E-state index is -0.463. The van der Waals surface area contributed by atoms with Crippen molar-refractivity contribution in [3.05, 3.63) is 166 Å². The fraction of sp³-hybridized carbons (Fsp3) is 0.0244. The van der Waals surface area contributed by atoms with E-state index in [-0.39, 0.29) is 0 Å². The van der Waals surface area contributed by atoms with Gasteiger partial charge in [-0.1, -0.05) is 137 Å². The lowest BCUT2D eigenvalue weighted by Gasteiger charge is -2.32. The number of para-hydroxylation sites is 1. The number of hydrogen-bond donors (Lipinski definition) is 0. The van der Waals surface area contributed by atoms with Gasteiger partial charge < -0.3 is 4.42 Å². The molecule has 1 heterocycles. The third-order valence-corrected chi connectivity index (χ3v) is 10.5. The minimum Gasteiger partial charge on any atom is -0.456 e. The molecular formula is C41H23BrO. The number of hydrogen-bond acceptors (Lipinski definition) is 1. The Balaban J connectivity index is 1.43. The summed E-state index contributed by atoms with van der Waals surface area (Å²) in [5, 5.41) is 4.84. The molecule has 1 nitrogen and oxygen atoms in total. The number of halogens is 1. The highest BCUT2D eigenvalue weighted by atomic mass is 79.9. The van der Waals surface area contributed by atoms with E-state index in [1.165, 1.54) is 77.2 Å². The fourth-order valence-electron chi connectivity index (χ4n) is 8.22. The highest BCUT2D eigenvalue weighted by Gasteiger charge is 2.53. The van der Waals surface area contributed by atoms with E-state index in [0.29, 0.717) is 0 Å². The molecule has 0 fully saturated rings. The third-order valence-electron chi connectivity index (χ3n) is 9.77. The van der Waals surface area contributed by atoms with Crippen LogP contribution in [0.5, 0.6) is 0 Å². The van der Waals surface area contributed by atoms with Crippen LogP contribution in [0.25, 0.3) is 66.1 Å². The molecule has 200 valence electrons. The van der Waals surface area contributed by atoms with E-state index >= 15 is 0 Å². The zero-order valence-corrected chi connectivity index (χ0v) is 24.7. The van der Waals surface area contributed by atoms with E-state index in [2.05, 4.69) is 155 Å². The van der Waals surface area contributed by atoms with E-state index in [0.717, 1.165) is 15.6 Å². The summed E-state index contributed by atoms with van der Waals surface area (Å²) in [5.74, 6) is 0. The summed E-state index contributed by atoms with van der Waals surface area (Å²) in [6.07, 6.45) is 0. The second-order valence-corrected chi connectivity index (χ2v) is 12.5. The van der Waals surface area contributed by atoms with E-state index in [1.807, 2.05) is 0 Å². The second kappa shape index (κ2) is 8.34. The van der Waals surface area contributed by atoms with Crippen molar-refractivity contribution < 1.29 is 4.42 Å². The number of furan rings is 1. The Morgan fingerprint density at radius 2 is 1.05 bits per heavy atom. The minimum absolute atomic E-state index is 0.463. The monoisotopic (exact) mass is 610 g/mol. The number of fused-ring (bicyclic) bond motifs is 15. The second-order valence-electron chi connectivity index (χ2n) is 11.7. The van der Waals surface area contributed by atoms with Gasteiger partial charge in [0.1, 0.15) is 11.2 Å². The van der Waals surface area contributed by atoms with Crippen LogP contribution in [-0.4, -0.2) is 0 Å². The lowest BCUT2D eigenvalue weighted by Crippen LogP contribution is -2.26. The molecule has 10 rings (SSSR count). The van der Waals surface area contributed by atoms with Crippen molar-refractivity contribution in [3.63, 3.8) is 0 Å². The summed E-state index contributed by atoms with van der Waals surface area (Å²) >= 11 is 3.82. The van der Waals surface area contributed by atoms with Gasteiger partial charge in [0.15, 0.2) is 0 Å². The van der Waals surface area contributed by atoms with Crippen LogP contribution in [0.3, 0.4) is 0 Å². The average Bonchev–Trinajstić information content (AvgIpc) is 3.69. The summed E-state index contributed by atoms with van der Waals surface area (Å²) < 4.78 is 7.54. The van der Waals surface area contributed by atoms with Crippen LogP contribution in [-0.2, 0) is 5.41 Å². The van der Waals surface area contributed by atoms with Crippen LogP contribution < -0.4 is 0 Å². The van der Waals surface area contributed by atoms with Crippen molar-refractivity contribution in [1.29, 1.82) is 0 Å². The molecular weight excluding hydrogens is 588 g/mol. The molecule has 1 aromatic heterocycles. The average molecular weight is 612 g/mol. The zero-order valence-electron chi connectivity index (χ0n) is 23.1. The Morgan fingerprint density at radius 1 is 0.419 bits per heavy atom. The lowest BCUT2D eigenvalue weighted by atomic mass is 9.68. The van der Waals surface area contributed by atoms with E-state index in [1.54, 1.807) is 0 Å². The Morgan fingerprint density at radius 3 is 1.88 bits per heavy atom. The summed E-state index contributed by atoms with van der Waals surface area (Å²) in [7, 11) is 0. The van der Waals surface area contributed by atoms with Gasteiger partial charge in [-0.25, -0.2) is 0 Å². The topological polar surface area (TPSA) is 13.1 Å². The molecule has 2 heteroatoms. The maximum atomic E-state index is 6.43. The predicted molar refractivity (Wildman–Crippen MR) is 181 cm³/mol. The standard InChI is InChI=1S/C41H23BrO/c42-35-22-20-25(24-10-1-2-12-27(24)35)28-15-9-16-29-26-11-3-6-17-32(26)41(40(28)29)33-18-7-4-13-30(33)38-34(41)21-23-37-39(38)31-14-5-8-19-36(31)43-37/h1-23H. The molecule has 0 aliphatic heterocycles. The Kier molecular flexibility index (Phi) is 4.58. The van der Waals surface area contributed by atoms with Crippen molar-refractivity contribution in [1.82, 2.24) is 0 Å². The first-order valence-electron chi connectivity index (χ1n) is 14.7. The van der Waals surface area contributed by atoms with Gasteiger partial charge in [0.05, 0.1) is 5.41 Å². The molecule has 43 heavy (non-hydrogen) atoms. The molecule has 2 aliphatic carbocycles. The molecule has 1 spiro atoms. The van der Waals surface area contributed by atoms with Crippen molar-refractivity contribution >= 4 is 48.6 Å². The largest absolute Gasteiger partial charge is 0.456 e. The smallest absolute Gasteiger partial charge is 0.136 e. The molecule has 1 unspecified atom stereocenters. The molecule has 2 aliphatic rings. The predicted octanol–water partition coefficient (Wildman–Crippen LogP) is 11.5. The maximum absolute atomic E-state index is 6.43. The molecule has 0 bridgehead atoms. The van der Waals surface area contributed by atoms with Crippen LogP contribution in [0.1, 0.15) is 22.3 Å². The SMILES string of the molecule is Brc1ccc(-c2cccc3c2C2(c4ccccc4-3)c3ccccc3-c3c2ccc2oc4ccccc4c32)c2ccccc12. The lowest BCUT2D eigenvalue weighted by molar-refractivity contribution is 0.668. The number of benzene rings is 7. The number of rotatable bonds is 1. The van der Waals surface area contributed by atoms with Gasteiger partial charge in [-0.2, -0.15) is 0 Å². The van der Waals surface area contributed by atoms with Crippen LogP contribution >= 0.6 is 15.9 Å². The van der Waals surface area contributed by atoms with Gasteiger partial charge in [-0.15, -0.1) is 0 Å². The van der Waals surface area contributed by atoms with Crippen LogP contribution in [0.15, 0.2) is 148 Å². The summed E-state index contributed by atoms with van der Waals surface area (Å²) in [5.41, 5.74) is 14.5.